The summed E-state index contributed by atoms with van der Waals surface area (Å²) in [6, 6.07) is 14.8. The Hall–Kier alpha value is -3.39. The van der Waals surface area contributed by atoms with Crippen LogP contribution in [-0.2, 0) is 18.3 Å². The first-order valence-electron chi connectivity index (χ1n) is 9.11. The third-order valence-electron chi connectivity index (χ3n) is 4.37. The van der Waals surface area contributed by atoms with Crippen LogP contribution in [0.15, 0.2) is 75.8 Å². The minimum absolute atomic E-state index is 0.134. The van der Waals surface area contributed by atoms with E-state index in [1.807, 2.05) is 48.1 Å². The Morgan fingerprint density at radius 1 is 1.17 bits per heavy atom. The minimum atomic E-state index is -0.188. The summed E-state index contributed by atoms with van der Waals surface area (Å²) in [5.74, 6) is 0.371. The molecule has 0 radical (unpaired) electrons. The fourth-order valence-electron chi connectivity index (χ4n) is 2.87. The lowest BCUT2D eigenvalue weighted by atomic mass is 10.2. The van der Waals surface area contributed by atoms with Crippen molar-refractivity contribution >= 4 is 34.3 Å². The van der Waals surface area contributed by atoms with Gasteiger partial charge in [0, 0.05) is 42.9 Å². The van der Waals surface area contributed by atoms with E-state index in [-0.39, 0.29) is 17.9 Å². The van der Waals surface area contributed by atoms with Crippen LogP contribution in [0.2, 0.25) is 0 Å². The molecule has 0 unspecified atom stereocenters. The van der Waals surface area contributed by atoms with Crippen molar-refractivity contribution in [2.75, 3.05) is 5.32 Å². The standard InChI is InChI=1S/C21H19N5O2S/c1-26-13-12-22-21(26)29-15-8-6-14(7-9-15)23-19(27)11-10-18-24-17-5-3-2-4-16(17)20(28)25-18/h2-9,12-13H,10-11H2,1H3,(H,23,27)(H,24,25,28). The highest BCUT2D eigenvalue weighted by Gasteiger charge is 2.08. The van der Waals surface area contributed by atoms with Crippen LogP contribution in [0, 0.1) is 0 Å². The van der Waals surface area contributed by atoms with Gasteiger partial charge in [0.1, 0.15) is 5.82 Å². The molecule has 0 bridgehead atoms. The van der Waals surface area contributed by atoms with Crippen molar-refractivity contribution in [1.82, 2.24) is 19.5 Å². The quantitative estimate of drug-likeness (QED) is 0.513. The van der Waals surface area contributed by atoms with Gasteiger partial charge in [0.05, 0.1) is 10.9 Å². The highest BCUT2D eigenvalue weighted by atomic mass is 32.2. The van der Waals surface area contributed by atoms with Crippen LogP contribution >= 0.6 is 11.8 Å². The average molecular weight is 405 g/mol. The lowest BCUT2D eigenvalue weighted by molar-refractivity contribution is -0.116. The van der Waals surface area contributed by atoms with E-state index in [9.17, 15) is 9.59 Å². The molecule has 146 valence electrons. The number of imidazole rings is 1. The Labute approximate surface area is 171 Å². The van der Waals surface area contributed by atoms with Crippen LogP contribution in [0.25, 0.3) is 10.9 Å². The smallest absolute Gasteiger partial charge is 0.258 e. The molecule has 0 atom stereocenters. The summed E-state index contributed by atoms with van der Waals surface area (Å²) in [5, 5.41) is 4.32. The van der Waals surface area contributed by atoms with Gasteiger partial charge in [0.2, 0.25) is 5.91 Å². The van der Waals surface area contributed by atoms with E-state index in [0.717, 1.165) is 15.7 Å². The maximum Gasteiger partial charge on any atom is 0.258 e. The molecule has 29 heavy (non-hydrogen) atoms. The number of benzene rings is 2. The second-order valence-corrected chi connectivity index (χ2v) is 7.57. The zero-order valence-corrected chi connectivity index (χ0v) is 16.6. The number of aromatic amines is 1. The van der Waals surface area contributed by atoms with Gasteiger partial charge in [-0.05, 0) is 36.4 Å². The SMILES string of the molecule is Cn1ccnc1Sc1ccc(NC(=O)CCc2nc3ccccc3c(=O)[nH]2)cc1. The van der Waals surface area contributed by atoms with Crippen LogP contribution < -0.4 is 10.9 Å². The van der Waals surface area contributed by atoms with Gasteiger partial charge in [0.25, 0.3) is 5.56 Å². The molecule has 2 aromatic heterocycles. The molecule has 0 aliphatic heterocycles. The molecule has 0 saturated heterocycles. The summed E-state index contributed by atoms with van der Waals surface area (Å²) in [7, 11) is 1.95. The number of H-pyrrole nitrogens is 1. The molecule has 2 aromatic carbocycles. The van der Waals surface area contributed by atoms with E-state index in [0.29, 0.717) is 23.1 Å². The first kappa shape index (κ1) is 18.9. The number of para-hydroxylation sites is 1. The van der Waals surface area contributed by atoms with Crippen molar-refractivity contribution in [2.45, 2.75) is 22.9 Å². The van der Waals surface area contributed by atoms with Gasteiger partial charge in [0.15, 0.2) is 5.16 Å². The van der Waals surface area contributed by atoms with Crippen LogP contribution in [0.3, 0.4) is 0 Å². The second kappa shape index (κ2) is 8.32. The third-order valence-corrected chi connectivity index (χ3v) is 5.46. The monoisotopic (exact) mass is 405 g/mol. The molecule has 4 aromatic rings. The van der Waals surface area contributed by atoms with E-state index >= 15 is 0 Å². The lowest BCUT2D eigenvalue weighted by Crippen LogP contribution is -2.16. The predicted octanol–water partition coefficient (Wildman–Crippen LogP) is 3.38. The Balaban J connectivity index is 1.35. The Bertz CT molecular complexity index is 1210. The second-order valence-electron chi connectivity index (χ2n) is 6.53. The molecule has 8 heteroatoms. The zero-order valence-electron chi connectivity index (χ0n) is 15.8. The minimum Gasteiger partial charge on any atom is -0.329 e. The number of nitrogens with one attached hydrogen (secondary N) is 2. The summed E-state index contributed by atoms with van der Waals surface area (Å²) in [5.41, 5.74) is 1.17. The fraction of sp³-hybridized carbons (Fsp3) is 0.143. The van der Waals surface area contributed by atoms with Gasteiger partial charge < -0.3 is 14.9 Å². The maximum atomic E-state index is 12.3. The lowest BCUT2D eigenvalue weighted by Gasteiger charge is -2.07. The van der Waals surface area contributed by atoms with Crippen molar-refractivity contribution in [3.05, 3.63) is 77.1 Å². The Morgan fingerprint density at radius 3 is 2.72 bits per heavy atom. The van der Waals surface area contributed by atoms with Crippen LogP contribution in [0.5, 0.6) is 0 Å². The molecular formula is C21H19N5O2S. The summed E-state index contributed by atoms with van der Waals surface area (Å²) >= 11 is 1.56. The van der Waals surface area contributed by atoms with Gasteiger partial charge >= 0.3 is 0 Å². The number of nitrogens with zero attached hydrogens (tertiary/aromatic N) is 3. The molecule has 1 amide bonds. The van der Waals surface area contributed by atoms with Crippen molar-refractivity contribution in [1.29, 1.82) is 0 Å². The van der Waals surface area contributed by atoms with Crippen molar-refractivity contribution in [2.24, 2.45) is 7.05 Å². The van der Waals surface area contributed by atoms with E-state index in [2.05, 4.69) is 20.3 Å². The number of fused-ring (bicyclic) bond motifs is 1. The molecular weight excluding hydrogens is 386 g/mol. The topological polar surface area (TPSA) is 92.7 Å². The highest BCUT2D eigenvalue weighted by molar-refractivity contribution is 7.99. The third kappa shape index (κ3) is 4.55. The van der Waals surface area contributed by atoms with Gasteiger partial charge in [-0.3, -0.25) is 9.59 Å². The average Bonchev–Trinajstić information content (AvgIpc) is 3.12. The summed E-state index contributed by atoms with van der Waals surface area (Å²) in [6.45, 7) is 0. The summed E-state index contributed by atoms with van der Waals surface area (Å²) in [6.07, 6.45) is 4.24. The number of aryl methyl sites for hydroxylation is 2. The van der Waals surface area contributed by atoms with E-state index in [1.165, 1.54) is 0 Å². The normalized spacial score (nSPS) is 10.9. The number of carbonyl (C=O) groups excluding carboxylic acids is 1. The number of rotatable bonds is 6. The number of hydrogen-bond donors (Lipinski definition) is 2. The summed E-state index contributed by atoms with van der Waals surface area (Å²) < 4.78 is 1.95. The Kier molecular flexibility index (Phi) is 5.44. The van der Waals surface area contributed by atoms with Crippen molar-refractivity contribution in [3.8, 4) is 0 Å². The molecule has 0 aliphatic rings. The largest absolute Gasteiger partial charge is 0.329 e. The van der Waals surface area contributed by atoms with E-state index in [1.54, 1.807) is 36.2 Å². The van der Waals surface area contributed by atoms with E-state index < -0.39 is 0 Å². The molecule has 0 spiro atoms. The highest BCUT2D eigenvalue weighted by Crippen LogP contribution is 2.26. The maximum absolute atomic E-state index is 12.3. The molecule has 4 rings (SSSR count). The fourth-order valence-corrected chi connectivity index (χ4v) is 3.67. The van der Waals surface area contributed by atoms with Crippen LogP contribution in [0.1, 0.15) is 12.2 Å². The first-order valence-corrected chi connectivity index (χ1v) is 9.93. The van der Waals surface area contributed by atoms with Gasteiger partial charge in [-0.1, -0.05) is 23.9 Å². The molecule has 0 saturated carbocycles. The number of amides is 1. The van der Waals surface area contributed by atoms with Gasteiger partial charge in [-0.2, -0.15) is 0 Å². The molecule has 0 aliphatic carbocycles. The van der Waals surface area contributed by atoms with Crippen LogP contribution in [-0.4, -0.2) is 25.4 Å². The predicted molar refractivity (Wildman–Crippen MR) is 113 cm³/mol. The molecule has 7 nitrogen and oxygen atoms in total. The zero-order chi connectivity index (χ0) is 20.2. The number of carbonyl (C=O) groups is 1. The van der Waals surface area contributed by atoms with Crippen molar-refractivity contribution in [3.63, 3.8) is 0 Å². The van der Waals surface area contributed by atoms with Crippen molar-refractivity contribution < 1.29 is 4.79 Å². The van der Waals surface area contributed by atoms with Crippen LogP contribution in [0.4, 0.5) is 5.69 Å². The number of hydrogen-bond acceptors (Lipinski definition) is 5. The van der Waals surface area contributed by atoms with E-state index in [4.69, 9.17) is 0 Å². The number of anilines is 1. The molecule has 2 N–H and O–H groups in total. The van der Waals surface area contributed by atoms with Gasteiger partial charge in [-0.25, -0.2) is 9.97 Å². The number of aromatic nitrogens is 4. The summed E-state index contributed by atoms with van der Waals surface area (Å²) in [4.78, 5) is 36.9. The van der Waals surface area contributed by atoms with Gasteiger partial charge in [-0.15, -0.1) is 0 Å². The first-order chi connectivity index (χ1) is 14.1. The molecule has 0 fully saturated rings. The Morgan fingerprint density at radius 2 is 1.97 bits per heavy atom. The molecule has 2 heterocycles.